The number of carbonyl (C=O) groups excluding carboxylic acids is 2. The minimum absolute atomic E-state index is 0.0194. The molecule has 8 nitrogen and oxygen atoms in total. The van der Waals surface area contributed by atoms with E-state index in [1.807, 2.05) is 31.2 Å². The number of aliphatic hydroxyl groups is 1. The van der Waals surface area contributed by atoms with Crippen LogP contribution in [-0.4, -0.2) is 34.1 Å². The van der Waals surface area contributed by atoms with Crippen LogP contribution in [0.1, 0.15) is 33.3 Å². The molecule has 1 aliphatic rings. The summed E-state index contributed by atoms with van der Waals surface area (Å²) in [4.78, 5) is 28.4. The number of thioether (sulfide) groups is 1. The van der Waals surface area contributed by atoms with Crippen molar-refractivity contribution in [1.29, 1.82) is 0 Å². The molecule has 1 unspecified atom stereocenters. The Morgan fingerprint density at radius 1 is 1.12 bits per heavy atom. The van der Waals surface area contributed by atoms with Gasteiger partial charge in [-0.3, -0.25) is 14.5 Å². The number of para-hydroxylation sites is 1. The summed E-state index contributed by atoms with van der Waals surface area (Å²) in [5.74, 6) is -2.19. The lowest BCUT2D eigenvalue weighted by molar-refractivity contribution is -0.117. The third-order valence-electron chi connectivity index (χ3n) is 6.69. The summed E-state index contributed by atoms with van der Waals surface area (Å²) in [6.07, 6.45) is 0. The highest BCUT2D eigenvalue weighted by atomic mass is 32.2. The number of amides is 1. The standard InChI is InChI=1S/C30H22FN3O5S2/c1-16-10-12-17(13-11-16)15-40-30-33-32-29(41-30)34-24(19-7-3-4-8-20(19)31)23(26(36)28(34)37)25(35)22-14-18-6-5-9-21(38-2)27(18)39-22/h3-14,24,36H,15H2,1-2H3. The third kappa shape index (κ3) is 4.87. The molecule has 0 aliphatic carbocycles. The summed E-state index contributed by atoms with van der Waals surface area (Å²) in [5.41, 5.74) is 2.28. The van der Waals surface area contributed by atoms with Gasteiger partial charge in [0.25, 0.3) is 5.91 Å². The van der Waals surface area contributed by atoms with Crippen LogP contribution in [0.3, 0.4) is 0 Å². The molecule has 0 fully saturated rings. The number of nitrogens with zero attached hydrogens (tertiary/aromatic N) is 3. The van der Waals surface area contributed by atoms with E-state index in [-0.39, 0.29) is 22.0 Å². The Bertz CT molecular complexity index is 1830. The number of hydrogen-bond acceptors (Lipinski definition) is 9. The lowest BCUT2D eigenvalue weighted by Gasteiger charge is -2.24. The zero-order valence-corrected chi connectivity index (χ0v) is 23.5. The monoisotopic (exact) mass is 587 g/mol. The molecular weight excluding hydrogens is 565 g/mol. The van der Waals surface area contributed by atoms with Crippen LogP contribution >= 0.6 is 23.1 Å². The summed E-state index contributed by atoms with van der Waals surface area (Å²) >= 11 is 2.55. The van der Waals surface area contributed by atoms with Crippen molar-refractivity contribution in [2.75, 3.05) is 12.0 Å². The number of Topliss-reactive ketones (excluding diaryl/α,β-unsaturated/α-hetero) is 1. The fourth-order valence-corrected chi connectivity index (χ4v) is 6.48. The Morgan fingerprint density at radius 2 is 1.90 bits per heavy atom. The predicted octanol–water partition coefficient (Wildman–Crippen LogP) is 6.82. The van der Waals surface area contributed by atoms with Crippen molar-refractivity contribution >= 4 is 50.9 Å². The van der Waals surface area contributed by atoms with Crippen LogP contribution in [-0.2, 0) is 10.5 Å². The third-order valence-corrected chi connectivity index (χ3v) is 8.82. The predicted molar refractivity (Wildman–Crippen MR) is 154 cm³/mol. The molecule has 3 aromatic carbocycles. The van der Waals surface area contributed by atoms with Crippen molar-refractivity contribution in [1.82, 2.24) is 10.2 Å². The second-order valence-corrected chi connectivity index (χ2v) is 11.5. The van der Waals surface area contributed by atoms with Crippen LogP contribution in [0.4, 0.5) is 9.52 Å². The molecule has 1 amide bonds. The van der Waals surface area contributed by atoms with Crippen LogP contribution in [0.5, 0.6) is 5.75 Å². The molecule has 6 rings (SSSR count). The van der Waals surface area contributed by atoms with E-state index in [1.54, 1.807) is 24.3 Å². The molecule has 1 N–H and O–H groups in total. The minimum atomic E-state index is -1.30. The highest BCUT2D eigenvalue weighted by Gasteiger charge is 2.47. The number of fused-ring (bicyclic) bond motifs is 1. The van der Waals surface area contributed by atoms with Crippen LogP contribution in [0, 0.1) is 12.7 Å². The molecule has 1 aliphatic heterocycles. The maximum Gasteiger partial charge on any atom is 0.296 e. The van der Waals surface area contributed by atoms with Gasteiger partial charge in [-0.1, -0.05) is 83.3 Å². The second kappa shape index (κ2) is 10.8. The lowest BCUT2D eigenvalue weighted by Crippen LogP contribution is -2.31. The van der Waals surface area contributed by atoms with Gasteiger partial charge in [0.15, 0.2) is 27.2 Å². The van der Waals surface area contributed by atoms with Gasteiger partial charge in [0, 0.05) is 16.7 Å². The Labute approximate surface area is 242 Å². The average Bonchev–Trinajstić information content (AvgIpc) is 3.69. The number of methoxy groups -OCH3 is 1. The topological polar surface area (TPSA) is 106 Å². The Morgan fingerprint density at radius 3 is 2.66 bits per heavy atom. The molecule has 2 aromatic heterocycles. The van der Waals surface area contributed by atoms with Gasteiger partial charge in [0.2, 0.25) is 10.9 Å². The SMILES string of the molecule is COc1cccc2cc(C(=O)C3=C(O)C(=O)N(c4nnc(SCc5ccc(C)cc5)s4)C3c3ccccc3F)oc12. The first-order chi connectivity index (χ1) is 19.9. The zero-order chi connectivity index (χ0) is 28.7. The van der Waals surface area contributed by atoms with Crippen molar-refractivity contribution in [3.63, 3.8) is 0 Å². The number of anilines is 1. The summed E-state index contributed by atoms with van der Waals surface area (Å²) in [7, 11) is 1.48. The van der Waals surface area contributed by atoms with Crippen molar-refractivity contribution < 1.29 is 28.2 Å². The van der Waals surface area contributed by atoms with E-state index in [2.05, 4.69) is 10.2 Å². The average molecular weight is 588 g/mol. The number of ketones is 1. The molecule has 206 valence electrons. The van der Waals surface area contributed by atoms with E-state index >= 15 is 4.39 Å². The van der Waals surface area contributed by atoms with Gasteiger partial charge >= 0.3 is 0 Å². The summed E-state index contributed by atoms with van der Waals surface area (Å²) < 4.78 is 26.9. The number of rotatable bonds is 8. The molecule has 1 atom stereocenters. The number of furan rings is 1. The molecular formula is C30H22FN3O5S2. The van der Waals surface area contributed by atoms with Crippen molar-refractivity contribution in [2.24, 2.45) is 0 Å². The first kappa shape index (κ1) is 26.7. The molecule has 0 saturated heterocycles. The van der Waals surface area contributed by atoms with E-state index in [0.29, 0.717) is 26.8 Å². The van der Waals surface area contributed by atoms with Crippen molar-refractivity contribution in [2.45, 2.75) is 23.1 Å². The highest BCUT2D eigenvalue weighted by molar-refractivity contribution is 8.00. The molecule has 3 heterocycles. The molecule has 0 saturated carbocycles. The van der Waals surface area contributed by atoms with Gasteiger partial charge in [-0.25, -0.2) is 4.39 Å². The number of aryl methyl sites for hydroxylation is 1. The van der Waals surface area contributed by atoms with Gasteiger partial charge in [-0.05, 0) is 30.7 Å². The second-order valence-electron chi connectivity index (χ2n) is 9.30. The molecule has 0 bridgehead atoms. The van der Waals surface area contributed by atoms with Crippen LogP contribution in [0.2, 0.25) is 0 Å². The normalized spacial score (nSPS) is 15.2. The first-order valence-corrected chi connectivity index (χ1v) is 14.3. The Hall–Kier alpha value is -4.48. The molecule has 41 heavy (non-hydrogen) atoms. The van der Waals surface area contributed by atoms with Gasteiger partial charge in [0.05, 0.1) is 12.7 Å². The van der Waals surface area contributed by atoms with Crippen molar-refractivity contribution in [3.8, 4) is 5.75 Å². The van der Waals surface area contributed by atoms with Gasteiger partial charge in [0.1, 0.15) is 11.9 Å². The van der Waals surface area contributed by atoms with Crippen molar-refractivity contribution in [3.05, 3.63) is 112 Å². The largest absolute Gasteiger partial charge is 0.503 e. The smallest absolute Gasteiger partial charge is 0.296 e. The van der Waals surface area contributed by atoms with Crippen LogP contribution in [0.25, 0.3) is 11.0 Å². The van der Waals surface area contributed by atoms with E-state index in [4.69, 9.17) is 9.15 Å². The minimum Gasteiger partial charge on any atom is -0.503 e. The fourth-order valence-electron chi connectivity index (χ4n) is 4.65. The first-order valence-electron chi connectivity index (χ1n) is 12.5. The molecule has 11 heteroatoms. The maximum atomic E-state index is 15.2. The van der Waals surface area contributed by atoms with E-state index in [9.17, 15) is 14.7 Å². The van der Waals surface area contributed by atoms with Crippen LogP contribution in [0.15, 0.2) is 92.9 Å². The number of hydrogen-bond donors (Lipinski definition) is 1. The zero-order valence-electron chi connectivity index (χ0n) is 21.8. The highest BCUT2D eigenvalue weighted by Crippen LogP contribution is 2.45. The number of carbonyl (C=O) groups is 2. The number of aliphatic hydroxyl groups excluding tert-OH is 1. The van der Waals surface area contributed by atoms with Crippen LogP contribution < -0.4 is 9.64 Å². The van der Waals surface area contributed by atoms with Gasteiger partial charge in [-0.15, -0.1) is 10.2 Å². The van der Waals surface area contributed by atoms with E-state index in [1.165, 1.54) is 43.1 Å². The fraction of sp³-hybridized carbons (Fsp3) is 0.133. The number of benzene rings is 3. The number of ether oxygens (including phenoxy) is 1. The maximum absolute atomic E-state index is 15.2. The molecule has 5 aromatic rings. The summed E-state index contributed by atoms with van der Waals surface area (Å²) in [6.45, 7) is 2.01. The Kier molecular flexibility index (Phi) is 7.06. The van der Waals surface area contributed by atoms with Gasteiger partial charge in [-0.2, -0.15) is 0 Å². The number of aromatic nitrogens is 2. The van der Waals surface area contributed by atoms with E-state index in [0.717, 1.165) is 27.4 Å². The summed E-state index contributed by atoms with van der Waals surface area (Å²) in [6, 6.07) is 19.2. The summed E-state index contributed by atoms with van der Waals surface area (Å²) in [5, 5.41) is 20.1. The Balaban J connectivity index is 1.37. The lowest BCUT2D eigenvalue weighted by atomic mass is 9.95. The quantitative estimate of drug-likeness (QED) is 0.120. The molecule has 0 spiro atoms. The van der Waals surface area contributed by atoms with Gasteiger partial charge < -0.3 is 14.3 Å². The van der Waals surface area contributed by atoms with E-state index < -0.39 is 29.3 Å². The number of halogens is 1. The molecule has 0 radical (unpaired) electrons.